The van der Waals surface area contributed by atoms with E-state index < -0.39 is 49.5 Å². The molecule has 7 atom stereocenters. The molecule has 0 aromatic carbocycles. The van der Waals surface area contributed by atoms with Gasteiger partial charge in [0, 0.05) is 6.42 Å². The first-order valence-corrected chi connectivity index (χ1v) is 35.0. The van der Waals surface area contributed by atoms with Crippen LogP contribution in [0.1, 0.15) is 309 Å². The molecule has 0 aromatic rings. The maximum absolute atomic E-state index is 13.1. The number of carbonyl (C=O) groups excluding carboxylic acids is 1. The van der Waals surface area contributed by atoms with E-state index >= 15 is 0 Å². The van der Waals surface area contributed by atoms with Crippen molar-refractivity contribution in [3.63, 3.8) is 0 Å². The summed E-state index contributed by atoms with van der Waals surface area (Å²) in [5.74, 6) is -0.189. The highest BCUT2D eigenvalue weighted by Gasteiger charge is 2.44. The summed E-state index contributed by atoms with van der Waals surface area (Å²) in [4.78, 5) is 13.1. The van der Waals surface area contributed by atoms with Gasteiger partial charge in [0.1, 0.15) is 24.4 Å². The number of aliphatic hydroxyl groups is 5. The van der Waals surface area contributed by atoms with Gasteiger partial charge in [-0.05, 0) is 89.9 Å². The average Bonchev–Trinajstić information content (AvgIpc) is 3.60. The number of ether oxygens (including phenoxy) is 2. The summed E-state index contributed by atoms with van der Waals surface area (Å²) in [5.41, 5.74) is 0. The molecule has 480 valence electrons. The largest absolute Gasteiger partial charge is 0.394 e. The summed E-state index contributed by atoms with van der Waals surface area (Å²) >= 11 is 0. The third kappa shape index (κ3) is 50.9. The molecule has 0 bridgehead atoms. The predicted molar refractivity (Wildman–Crippen MR) is 355 cm³/mol. The van der Waals surface area contributed by atoms with Gasteiger partial charge in [-0.2, -0.15) is 0 Å². The number of amides is 1. The van der Waals surface area contributed by atoms with Crippen LogP contribution in [-0.4, -0.2) is 87.5 Å². The molecule has 1 aliphatic rings. The summed E-state index contributed by atoms with van der Waals surface area (Å²) in [7, 11) is 0. The van der Waals surface area contributed by atoms with Crippen molar-refractivity contribution < 1.29 is 39.8 Å². The molecule has 9 nitrogen and oxygen atoms in total. The normalized spacial score (nSPS) is 18.9. The Balaban J connectivity index is 2.15. The average molecular weight is 1160 g/mol. The second-order valence-electron chi connectivity index (χ2n) is 23.9. The van der Waals surface area contributed by atoms with Gasteiger partial charge in [-0.1, -0.05) is 310 Å². The molecule has 1 saturated heterocycles. The lowest BCUT2D eigenvalue weighted by Crippen LogP contribution is -2.60. The molecule has 0 saturated carbocycles. The van der Waals surface area contributed by atoms with Gasteiger partial charge in [0.2, 0.25) is 5.91 Å². The highest BCUT2D eigenvalue weighted by atomic mass is 16.7. The Morgan fingerprint density at radius 1 is 0.422 bits per heavy atom. The van der Waals surface area contributed by atoms with Crippen LogP contribution < -0.4 is 5.32 Å². The van der Waals surface area contributed by atoms with E-state index in [1.807, 2.05) is 6.08 Å². The Morgan fingerprint density at radius 3 is 1.16 bits per heavy atom. The molecule has 83 heavy (non-hydrogen) atoms. The Kier molecular flexibility index (Phi) is 58.5. The lowest BCUT2D eigenvalue weighted by atomic mass is 9.99. The zero-order chi connectivity index (χ0) is 60.0. The van der Waals surface area contributed by atoms with Crippen LogP contribution in [0, 0.1) is 0 Å². The molecule has 7 unspecified atom stereocenters. The number of hydrogen-bond donors (Lipinski definition) is 6. The van der Waals surface area contributed by atoms with Gasteiger partial charge in [0.25, 0.3) is 0 Å². The van der Waals surface area contributed by atoms with Crippen molar-refractivity contribution in [2.75, 3.05) is 13.2 Å². The number of rotatable bonds is 60. The van der Waals surface area contributed by atoms with E-state index in [9.17, 15) is 30.3 Å². The smallest absolute Gasteiger partial charge is 0.220 e. The van der Waals surface area contributed by atoms with Crippen LogP contribution in [0.3, 0.4) is 0 Å². The first-order chi connectivity index (χ1) is 40.8. The van der Waals surface area contributed by atoms with E-state index in [1.54, 1.807) is 6.08 Å². The molecule has 9 heteroatoms. The minimum absolute atomic E-state index is 0.189. The quantitative estimate of drug-likeness (QED) is 0.0261. The minimum Gasteiger partial charge on any atom is -0.394 e. The van der Waals surface area contributed by atoms with Crippen molar-refractivity contribution in [1.82, 2.24) is 5.32 Å². The first-order valence-electron chi connectivity index (χ1n) is 35.0. The maximum atomic E-state index is 13.1. The summed E-state index contributed by atoms with van der Waals surface area (Å²) in [6.07, 6.45) is 83.7. The van der Waals surface area contributed by atoms with Crippen LogP contribution in [0.4, 0.5) is 0 Å². The Hall–Kier alpha value is -2.89. The van der Waals surface area contributed by atoms with Gasteiger partial charge in [-0.25, -0.2) is 0 Å². The second-order valence-corrected chi connectivity index (χ2v) is 23.9. The minimum atomic E-state index is -1.58. The van der Waals surface area contributed by atoms with Gasteiger partial charge in [-0.3, -0.25) is 4.79 Å². The number of aliphatic hydroxyl groups excluding tert-OH is 5. The summed E-state index contributed by atoms with van der Waals surface area (Å²) in [6.45, 7) is 3.67. The first kappa shape index (κ1) is 78.1. The van der Waals surface area contributed by atoms with Crippen LogP contribution in [0.5, 0.6) is 0 Å². The van der Waals surface area contributed by atoms with Crippen LogP contribution in [0.25, 0.3) is 0 Å². The summed E-state index contributed by atoms with van der Waals surface area (Å²) in [6, 6.07) is -0.833. The standard InChI is InChI=1S/C74H131NO8/c1-3-5-7-9-11-13-15-17-19-21-23-25-27-29-30-31-32-33-34-35-36-37-38-40-42-44-46-48-50-52-54-56-58-60-62-64-70(78)75-67(66-82-74-73(81)72(80)71(79)69(65-76)83-74)68(77)63-61-59-57-55-53-51-49-47-45-43-41-39-28-26-24-22-20-18-16-14-12-10-8-6-4-2/h5,7,11,13,17,19,23,25,29-30,45,47,53,55,61,63,67-69,71-74,76-77,79-81H,3-4,6,8-10,12,14-16,18,20-22,24,26-28,31-44,46,48-52,54,56-60,62,64-66H2,1-2H3,(H,75,78)/b7-5-,13-11-,19-17-,25-23-,30-29-,47-45+,55-53+,63-61+. The van der Waals surface area contributed by atoms with E-state index in [0.717, 1.165) is 77.0 Å². The van der Waals surface area contributed by atoms with E-state index in [0.29, 0.717) is 6.42 Å². The fraction of sp³-hybridized carbons (Fsp3) is 0.770. The van der Waals surface area contributed by atoms with Gasteiger partial charge in [0.15, 0.2) is 6.29 Å². The Morgan fingerprint density at radius 2 is 0.759 bits per heavy atom. The van der Waals surface area contributed by atoms with Crippen LogP contribution in [0.2, 0.25) is 0 Å². The lowest BCUT2D eigenvalue weighted by molar-refractivity contribution is -0.302. The Labute approximate surface area is 511 Å². The number of allylic oxidation sites excluding steroid dienone is 15. The zero-order valence-electron chi connectivity index (χ0n) is 53.7. The molecule has 0 spiro atoms. The number of hydrogen-bond acceptors (Lipinski definition) is 8. The highest BCUT2D eigenvalue weighted by molar-refractivity contribution is 5.76. The molecule has 6 N–H and O–H groups in total. The fourth-order valence-electron chi connectivity index (χ4n) is 10.7. The van der Waals surface area contributed by atoms with Gasteiger partial charge >= 0.3 is 0 Å². The van der Waals surface area contributed by atoms with Gasteiger partial charge in [0.05, 0.1) is 25.4 Å². The van der Waals surface area contributed by atoms with Crippen molar-refractivity contribution in [3.05, 3.63) is 97.2 Å². The predicted octanol–water partition coefficient (Wildman–Crippen LogP) is 19.1. The number of nitrogens with one attached hydrogen (secondary N) is 1. The van der Waals surface area contributed by atoms with E-state index in [1.165, 1.54) is 212 Å². The van der Waals surface area contributed by atoms with Crippen LogP contribution in [-0.2, 0) is 14.3 Å². The van der Waals surface area contributed by atoms with Crippen molar-refractivity contribution in [2.24, 2.45) is 0 Å². The zero-order valence-corrected chi connectivity index (χ0v) is 53.7. The van der Waals surface area contributed by atoms with Crippen molar-refractivity contribution >= 4 is 5.91 Å². The second kappa shape index (κ2) is 62.2. The summed E-state index contributed by atoms with van der Waals surface area (Å²) < 4.78 is 11.3. The third-order valence-corrected chi connectivity index (χ3v) is 16.1. The number of carbonyl (C=O) groups is 1. The van der Waals surface area contributed by atoms with Crippen LogP contribution >= 0.6 is 0 Å². The number of unbranched alkanes of at least 4 members (excludes halogenated alkanes) is 36. The highest BCUT2D eigenvalue weighted by Crippen LogP contribution is 2.23. The SMILES string of the molecule is CC/C=C\C/C=C\C/C=C\C/C=C\C/C=C\CCCCCCCCCCCCCCCCCCCCCC(=O)NC(COC1OC(CO)C(O)C(O)C1O)C(O)/C=C/CC/C=C/CC/C=C/CCCCCCCCCCCCCCCCC. The molecule has 0 aromatic heterocycles. The lowest BCUT2D eigenvalue weighted by Gasteiger charge is -2.40. The molecule has 1 amide bonds. The fourth-order valence-corrected chi connectivity index (χ4v) is 10.7. The molecule has 1 fully saturated rings. The molecule has 1 rings (SSSR count). The topological polar surface area (TPSA) is 149 Å². The van der Waals surface area contributed by atoms with Crippen molar-refractivity contribution in [1.29, 1.82) is 0 Å². The van der Waals surface area contributed by atoms with E-state index in [2.05, 4.69) is 104 Å². The van der Waals surface area contributed by atoms with Crippen molar-refractivity contribution in [2.45, 2.75) is 352 Å². The molecule has 1 aliphatic heterocycles. The monoisotopic (exact) mass is 1160 g/mol. The maximum Gasteiger partial charge on any atom is 0.220 e. The van der Waals surface area contributed by atoms with Crippen LogP contribution in [0.15, 0.2) is 97.2 Å². The molecular formula is C74H131NO8. The summed E-state index contributed by atoms with van der Waals surface area (Å²) in [5, 5.41) is 54.7. The Bertz CT molecular complexity index is 1630. The van der Waals surface area contributed by atoms with Gasteiger partial charge in [-0.15, -0.1) is 0 Å². The van der Waals surface area contributed by atoms with E-state index in [-0.39, 0.29) is 12.5 Å². The molecular weight excluding hydrogens is 1030 g/mol. The van der Waals surface area contributed by atoms with E-state index in [4.69, 9.17) is 9.47 Å². The van der Waals surface area contributed by atoms with Crippen molar-refractivity contribution in [3.8, 4) is 0 Å². The van der Waals surface area contributed by atoms with Gasteiger partial charge < -0.3 is 40.3 Å². The molecule has 0 radical (unpaired) electrons. The molecule has 0 aliphatic carbocycles. The third-order valence-electron chi connectivity index (χ3n) is 16.1. The molecule has 1 heterocycles.